The van der Waals surface area contributed by atoms with Crippen LogP contribution in [0.5, 0.6) is 0 Å². The molecular weight excluding hydrogens is 350 g/mol. The lowest BCUT2D eigenvalue weighted by atomic mass is 10.1. The van der Waals surface area contributed by atoms with Gasteiger partial charge in [-0.3, -0.25) is 9.59 Å². The highest BCUT2D eigenvalue weighted by Crippen LogP contribution is 2.36. The molecule has 26 heavy (non-hydrogen) atoms. The van der Waals surface area contributed by atoms with Crippen LogP contribution in [0.25, 0.3) is 0 Å². The number of amides is 2. The maximum Gasteiger partial charge on any atom is 0.261 e. The maximum atomic E-state index is 12.4. The van der Waals surface area contributed by atoms with E-state index in [4.69, 9.17) is 4.74 Å². The van der Waals surface area contributed by atoms with Crippen LogP contribution < -0.4 is 5.32 Å². The molecule has 144 valence electrons. The van der Waals surface area contributed by atoms with E-state index in [1.807, 2.05) is 17.0 Å². The summed E-state index contributed by atoms with van der Waals surface area (Å²) in [6.45, 7) is 4.78. The Morgan fingerprint density at radius 3 is 2.77 bits per heavy atom. The fraction of sp³-hybridized carbons (Fsp3) is 0.684. The topological polar surface area (TPSA) is 61.9 Å². The van der Waals surface area contributed by atoms with Crippen LogP contribution >= 0.6 is 11.3 Å². The van der Waals surface area contributed by atoms with Crippen molar-refractivity contribution in [3.8, 4) is 0 Å². The summed E-state index contributed by atoms with van der Waals surface area (Å²) in [5.74, 6) is 0.0157. The number of carbonyl (C=O) groups excluding carboxylic acids is 2. The fourth-order valence-electron chi connectivity index (χ4n) is 3.82. The van der Waals surface area contributed by atoms with Crippen LogP contribution in [0.3, 0.4) is 0 Å². The molecule has 6 nitrogen and oxygen atoms in total. The zero-order chi connectivity index (χ0) is 18.4. The van der Waals surface area contributed by atoms with Gasteiger partial charge in [-0.1, -0.05) is 6.42 Å². The number of hydrogen-bond acceptors (Lipinski definition) is 5. The molecule has 0 radical (unpaired) electrons. The van der Waals surface area contributed by atoms with E-state index in [2.05, 4.69) is 10.2 Å². The Bertz CT molecular complexity index is 613. The van der Waals surface area contributed by atoms with E-state index in [9.17, 15) is 9.59 Å². The Morgan fingerprint density at radius 2 is 2.00 bits per heavy atom. The van der Waals surface area contributed by atoms with Crippen molar-refractivity contribution in [1.82, 2.24) is 15.1 Å². The van der Waals surface area contributed by atoms with Gasteiger partial charge >= 0.3 is 0 Å². The van der Waals surface area contributed by atoms with Gasteiger partial charge in [-0.2, -0.15) is 0 Å². The molecule has 2 aliphatic rings. The first-order valence-electron chi connectivity index (χ1n) is 9.57. The number of thiophene rings is 1. The number of ether oxygens (including phenoxy) is 1. The van der Waals surface area contributed by atoms with E-state index >= 15 is 0 Å². The Hall–Kier alpha value is -1.44. The third kappa shape index (κ3) is 4.84. The van der Waals surface area contributed by atoms with E-state index in [0.29, 0.717) is 6.54 Å². The van der Waals surface area contributed by atoms with Crippen molar-refractivity contribution in [2.24, 2.45) is 0 Å². The highest BCUT2D eigenvalue weighted by Gasteiger charge is 2.31. The number of hydrogen-bond donors (Lipinski definition) is 1. The summed E-state index contributed by atoms with van der Waals surface area (Å²) in [5, 5.41) is 3.03. The zero-order valence-electron chi connectivity index (χ0n) is 15.5. The van der Waals surface area contributed by atoms with Gasteiger partial charge in [-0.25, -0.2) is 0 Å². The Kier molecular flexibility index (Phi) is 7.05. The predicted molar refractivity (Wildman–Crippen MR) is 103 cm³/mol. The van der Waals surface area contributed by atoms with Crippen LogP contribution in [0.4, 0.5) is 0 Å². The second-order valence-electron chi connectivity index (χ2n) is 7.04. The zero-order valence-corrected chi connectivity index (χ0v) is 16.4. The second kappa shape index (κ2) is 9.48. The van der Waals surface area contributed by atoms with Crippen molar-refractivity contribution in [1.29, 1.82) is 0 Å². The molecule has 2 fully saturated rings. The summed E-state index contributed by atoms with van der Waals surface area (Å²) in [5.41, 5.74) is 0. The van der Waals surface area contributed by atoms with Gasteiger partial charge < -0.3 is 19.9 Å². The average molecular weight is 380 g/mol. The van der Waals surface area contributed by atoms with Crippen molar-refractivity contribution >= 4 is 23.2 Å². The van der Waals surface area contributed by atoms with Crippen molar-refractivity contribution in [3.63, 3.8) is 0 Å². The van der Waals surface area contributed by atoms with E-state index < -0.39 is 0 Å². The molecule has 0 bridgehead atoms. The molecule has 3 heterocycles. The van der Waals surface area contributed by atoms with Crippen LogP contribution in [-0.2, 0) is 9.53 Å². The van der Waals surface area contributed by atoms with Gasteiger partial charge in [0.25, 0.3) is 5.91 Å². The monoisotopic (exact) mass is 379 g/mol. The summed E-state index contributed by atoms with van der Waals surface area (Å²) in [6, 6.07) is 3.96. The number of likely N-dealkylation sites (tertiary alicyclic amines) is 2. The molecule has 2 saturated heterocycles. The van der Waals surface area contributed by atoms with Crippen molar-refractivity contribution in [3.05, 3.63) is 21.9 Å². The molecule has 0 aromatic carbocycles. The molecule has 7 heteroatoms. The molecule has 3 rings (SSSR count). The van der Waals surface area contributed by atoms with Crippen LogP contribution in [0.1, 0.15) is 52.7 Å². The first kappa shape index (κ1) is 19.3. The molecule has 2 amide bonds. The fourth-order valence-corrected chi connectivity index (χ4v) is 4.89. The van der Waals surface area contributed by atoms with E-state index in [1.165, 1.54) is 30.6 Å². The van der Waals surface area contributed by atoms with E-state index in [-0.39, 0.29) is 24.5 Å². The lowest BCUT2D eigenvalue weighted by molar-refractivity contribution is -0.136. The quantitative estimate of drug-likeness (QED) is 0.789. The van der Waals surface area contributed by atoms with E-state index in [1.54, 1.807) is 7.11 Å². The number of piperidine rings is 1. The molecule has 0 saturated carbocycles. The molecule has 1 aromatic rings. The first-order chi connectivity index (χ1) is 12.7. The molecule has 0 spiro atoms. The second-order valence-corrected chi connectivity index (χ2v) is 8.15. The smallest absolute Gasteiger partial charge is 0.261 e. The summed E-state index contributed by atoms with van der Waals surface area (Å²) < 4.78 is 4.98. The summed E-state index contributed by atoms with van der Waals surface area (Å²) in [7, 11) is 1.54. The Morgan fingerprint density at radius 1 is 1.19 bits per heavy atom. The predicted octanol–water partition coefficient (Wildman–Crippen LogP) is 2.27. The first-order valence-corrected chi connectivity index (χ1v) is 10.4. The minimum atomic E-state index is -0.00831. The van der Waals surface area contributed by atoms with Crippen molar-refractivity contribution < 1.29 is 14.3 Å². The Labute approximate surface area is 159 Å². The lowest BCUT2D eigenvalue weighted by Gasteiger charge is -2.26. The van der Waals surface area contributed by atoms with Gasteiger partial charge in [0, 0.05) is 31.6 Å². The Balaban J connectivity index is 1.51. The maximum absolute atomic E-state index is 12.4. The number of nitrogens with zero attached hydrogens (tertiary/aromatic N) is 2. The molecule has 1 atom stereocenters. The van der Waals surface area contributed by atoms with Gasteiger partial charge in [0.1, 0.15) is 6.61 Å². The van der Waals surface area contributed by atoms with Gasteiger partial charge in [0.2, 0.25) is 5.91 Å². The summed E-state index contributed by atoms with van der Waals surface area (Å²) in [4.78, 5) is 30.7. The highest BCUT2D eigenvalue weighted by molar-refractivity contribution is 7.14. The van der Waals surface area contributed by atoms with Crippen LogP contribution in [0.15, 0.2) is 12.1 Å². The van der Waals surface area contributed by atoms with Gasteiger partial charge in [-0.05, 0) is 50.9 Å². The third-order valence-electron chi connectivity index (χ3n) is 5.18. The number of carbonyl (C=O) groups is 2. The number of methoxy groups -OCH3 is 1. The standard InChI is InChI=1S/C19H29N3O3S/c1-25-14-18(23)22-12-5-6-15(22)16-7-8-17(26-16)19(24)20-9-13-21-10-3-2-4-11-21/h7-8,15H,2-6,9-14H2,1H3,(H,20,24)/t15-/m0/s1. The van der Waals surface area contributed by atoms with Crippen molar-refractivity contribution in [2.45, 2.75) is 38.1 Å². The van der Waals surface area contributed by atoms with E-state index in [0.717, 1.165) is 48.8 Å². The SMILES string of the molecule is COCC(=O)N1CCC[C@H]1c1ccc(C(=O)NCCN2CCCCC2)s1. The van der Waals surface area contributed by atoms with Gasteiger partial charge in [0.15, 0.2) is 0 Å². The summed E-state index contributed by atoms with van der Waals surface area (Å²) in [6.07, 6.45) is 5.80. The minimum absolute atomic E-state index is 0.00831. The molecule has 1 aromatic heterocycles. The molecule has 1 N–H and O–H groups in total. The largest absolute Gasteiger partial charge is 0.375 e. The van der Waals surface area contributed by atoms with Crippen molar-refractivity contribution in [2.75, 3.05) is 46.4 Å². The van der Waals surface area contributed by atoms with Crippen LogP contribution in [0, 0.1) is 0 Å². The van der Waals surface area contributed by atoms with Gasteiger partial charge in [-0.15, -0.1) is 11.3 Å². The number of rotatable bonds is 7. The van der Waals surface area contributed by atoms with Crippen LogP contribution in [-0.4, -0.2) is 68.1 Å². The molecule has 2 aliphatic heterocycles. The lowest BCUT2D eigenvalue weighted by Crippen LogP contribution is -2.37. The average Bonchev–Trinajstić information content (AvgIpc) is 3.32. The van der Waals surface area contributed by atoms with Gasteiger partial charge in [0.05, 0.1) is 10.9 Å². The molecule has 0 aliphatic carbocycles. The van der Waals surface area contributed by atoms with Crippen LogP contribution in [0.2, 0.25) is 0 Å². The number of nitrogens with one attached hydrogen (secondary N) is 1. The molecule has 0 unspecified atom stereocenters. The highest BCUT2D eigenvalue weighted by atomic mass is 32.1. The normalized spacial score (nSPS) is 21.1. The summed E-state index contributed by atoms with van der Waals surface area (Å²) >= 11 is 1.50. The molecular formula is C19H29N3O3S. The minimum Gasteiger partial charge on any atom is -0.375 e. The third-order valence-corrected chi connectivity index (χ3v) is 6.37.